The normalized spacial score (nSPS) is 12.5. The molecule has 0 amide bonds. The first-order valence-corrected chi connectivity index (χ1v) is 14.4. The average molecular weight is 485 g/mol. The van der Waals surface area contributed by atoms with E-state index in [0.717, 1.165) is 25.7 Å². The van der Waals surface area contributed by atoms with Gasteiger partial charge in [0.15, 0.2) is 6.10 Å². The van der Waals surface area contributed by atoms with Crippen molar-refractivity contribution in [1.29, 1.82) is 0 Å². The summed E-state index contributed by atoms with van der Waals surface area (Å²) < 4.78 is 11.8. The van der Waals surface area contributed by atoms with Crippen LogP contribution in [0.1, 0.15) is 136 Å². The molecule has 0 aliphatic carbocycles. The van der Waals surface area contributed by atoms with Gasteiger partial charge >= 0.3 is 11.9 Å². The van der Waals surface area contributed by atoms with Gasteiger partial charge in [0.05, 0.1) is 34.2 Å². The first kappa shape index (κ1) is 32.9. The van der Waals surface area contributed by atoms with Crippen LogP contribution in [-0.2, 0) is 19.1 Å². The van der Waals surface area contributed by atoms with Crippen LogP contribution in [0.15, 0.2) is 0 Å². The number of nitrogens with zero attached hydrogens (tertiary/aromatic N) is 1. The Kier molecular flexibility index (Phi) is 21.6. The predicted molar refractivity (Wildman–Crippen MR) is 143 cm³/mol. The molecule has 0 saturated carbocycles. The summed E-state index contributed by atoms with van der Waals surface area (Å²) in [5.41, 5.74) is 0. The highest BCUT2D eigenvalue weighted by Gasteiger charge is 2.25. The highest BCUT2D eigenvalue weighted by Crippen LogP contribution is 2.13. The molecule has 0 fully saturated rings. The minimum atomic E-state index is -0.419. The standard InChI is InChI=1S/C29H58NO4/c1-6-8-10-12-14-15-16-17-18-20-22-24-33-29(32)25-27(26-30(3,4)5)34-28(31)23-21-19-13-11-9-7-2/h27H,6-26H2,1-5H3/q+1/t27-/m1/s1. The van der Waals surface area contributed by atoms with Crippen molar-refractivity contribution >= 4 is 11.9 Å². The molecule has 1 atom stereocenters. The van der Waals surface area contributed by atoms with E-state index in [1.165, 1.54) is 83.5 Å². The maximum atomic E-state index is 12.3. The quantitative estimate of drug-likeness (QED) is 0.0804. The molecule has 5 nitrogen and oxygen atoms in total. The van der Waals surface area contributed by atoms with Crippen molar-refractivity contribution in [3.8, 4) is 0 Å². The van der Waals surface area contributed by atoms with Gasteiger partial charge < -0.3 is 14.0 Å². The van der Waals surface area contributed by atoms with Gasteiger partial charge in [0, 0.05) is 6.42 Å². The van der Waals surface area contributed by atoms with Crippen molar-refractivity contribution < 1.29 is 23.5 Å². The third-order valence-electron chi connectivity index (χ3n) is 6.19. The van der Waals surface area contributed by atoms with Crippen molar-refractivity contribution in [1.82, 2.24) is 0 Å². The molecule has 0 unspecified atom stereocenters. The molecular formula is C29H58NO4+. The van der Waals surface area contributed by atoms with Crippen LogP contribution in [0.3, 0.4) is 0 Å². The molecule has 0 aliphatic heterocycles. The van der Waals surface area contributed by atoms with Gasteiger partial charge in [-0.3, -0.25) is 9.59 Å². The van der Waals surface area contributed by atoms with Crippen molar-refractivity contribution in [2.45, 2.75) is 142 Å². The minimum absolute atomic E-state index is 0.149. The Balaban J connectivity index is 3.98. The molecule has 0 N–H and O–H groups in total. The number of ether oxygens (including phenoxy) is 2. The number of likely N-dealkylation sites (N-methyl/N-ethyl adjacent to an activating group) is 1. The van der Waals surface area contributed by atoms with Crippen LogP contribution >= 0.6 is 0 Å². The maximum Gasteiger partial charge on any atom is 0.309 e. The molecule has 0 rings (SSSR count). The first-order valence-electron chi connectivity index (χ1n) is 14.4. The lowest BCUT2D eigenvalue weighted by atomic mass is 10.1. The monoisotopic (exact) mass is 484 g/mol. The lowest BCUT2D eigenvalue weighted by molar-refractivity contribution is -0.873. The summed E-state index contributed by atoms with van der Waals surface area (Å²) >= 11 is 0. The fraction of sp³-hybridized carbons (Fsp3) is 0.931. The molecule has 0 aromatic heterocycles. The second-order valence-corrected chi connectivity index (χ2v) is 11.1. The Morgan fingerprint density at radius 2 is 1.06 bits per heavy atom. The molecule has 0 aromatic rings. The minimum Gasteiger partial charge on any atom is -0.466 e. The van der Waals surface area contributed by atoms with Crippen LogP contribution in [0.25, 0.3) is 0 Å². The molecule has 0 aromatic carbocycles. The number of quaternary nitrogens is 1. The lowest BCUT2D eigenvalue weighted by Crippen LogP contribution is -2.44. The van der Waals surface area contributed by atoms with Crippen molar-refractivity contribution in [3.63, 3.8) is 0 Å². The Morgan fingerprint density at radius 1 is 0.618 bits per heavy atom. The summed E-state index contributed by atoms with van der Waals surface area (Å²) in [5, 5.41) is 0. The Labute approximate surface area is 211 Å². The smallest absolute Gasteiger partial charge is 0.309 e. The number of esters is 2. The summed E-state index contributed by atoms with van der Waals surface area (Å²) in [7, 11) is 6.14. The SMILES string of the molecule is CCCCCCCCCCCCCOC(=O)C[C@H](C[N+](C)(C)C)OC(=O)CCCCCCCC. The van der Waals surface area contributed by atoms with E-state index in [9.17, 15) is 9.59 Å². The highest BCUT2D eigenvalue weighted by atomic mass is 16.6. The lowest BCUT2D eigenvalue weighted by Gasteiger charge is -2.28. The first-order chi connectivity index (χ1) is 16.3. The molecule has 0 aliphatic rings. The van der Waals surface area contributed by atoms with E-state index in [2.05, 4.69) is 13.8 Å². The Bertz CT molecular complexity index is 487. The van der Waals surface area contributed by atoms with Crippen LogP contribution in [-0.4, -0.2) is 56.8 Å². The topological polar surface area (TPSA) is 52.6 Å². The third-order valence-corrected chi connectivity index (χ3v) is 6.19. The van der Waals surface area contributed by atoms with Gasteiger partial charge in [-0.25, -0.2) is 0 Å². The van der Waals surface area contributed by atoms with E-state index < -0.39 is 6.10 Å². The van der Waals surface area contributed by atoms with E-state index in [1.54, 1.807) is 0 Å². The number of carbonyl (C=O) groups is 2. The van der Waals surface area contributed by atoms with E-state index in [-0.39, 0.29) is 18.4 Å². The second-order valence-electron chi connectivity index (χ2n) is 11.1. The highest BCUT2D eigenvalue weighted by molar-refractivity contribution is 5.72. The fourth-order valence-corrected chi connectivity index (χ4v) is 4.25. The van der Waals surface area contributed by atoms with E-state index in [4.69, 9.17) is 9.47 Å². The zero-order valence-electron chi connectivity index (χ0n) is 23.5. The molecule has 0 bridgehead atoms. The summed E-state index contributed by atoms with van der Waals surface area (Å²) in [6.45, 7) is 5.54. The fourth-order valence-electron chi connectivity index (χ4n) is 4.25. The zero-order valence-corrected chi connectivity index (χ0v) is 23.5. The van der Waals surface area contributed by atoms with Gasteiger partial charge in [-0.2, -0.15) is 0 Å². The van der Waals surface area contributed by atoms with Crippen LogP contribution in [0.5, 0.6) is 0 Å². The van der Waals surface area contributed by atoms with E-state index in [1.807, 2.05) is 21.1 Å². The maximum absolute atomic E-state index is 12.3. The molecule has 34 heavy (non-hydrogen) atoms. The zero-order chi connectivity index (χ0) is 25.5. The van der Waals surface area contributed by atoms with E-state index >= 15 is 0 Å². The molecular weight excluding hydrogens is 426 g/mol. The molecule has 0 radical (unpaired) electrons. The Hall–Kier alpha value is -1.10. The summed E-state index contributed by atoms with van der Waals surface area (Å²) in [4.78, 5) is 24.6. The predicted octanol–water partition coefficient (Wildman–Crippen LogP) is 7.60. The molecule has 0 saturated heterocycles. The van der Waals surface area contributed by atoms with Gasteiger partial charge in [0.2, 0.25) is 0 Å². The van der Waals surface area contributed by atoms with Crippen LogP contribution in [0.4, 0.5) is 0 Å². The van der Waals surface area contributed by atoms with Gasteiger partial charge in [0.1, 0.15) is 6.54 Å². The van der Waals surface area contributed by atoms with Crippen LogP contribution in [0.2, 0.25) is 0 Å². The third kappa shape index (κ3) is 24.0. The molecule has 5 heteroatoms. The molecule has 202 valence electrons. The average Bonchev–Trinajstić information content (AvgIpc) is 2.75. The number of unbranched alkanes of at least 4 members (excludes halogenated alkanes) is 15. The largest absolute Gasteiger partial charge is 0.466 e. The van der Waals surface area contributed by atoms with Gasteiger partial charge in [0.25, 0.3) is 0 Å². The van der Waals surface area contributed by atoms with Gasteiger partial charge in [-0.15, -0.1) is 0 Å². The number of hydrogen-bond acceptors (Lipinski definition) is 4. The molecule has 0 spiro atoms. The van der Waals surface area contributed by atoms with Crippen LogP contribution in [0, 0.1) is 0 Å². The van der Waals surface area contributed by atoms with Crippen molar-refractivity contribution in [2.75, 3.05) is 34.3 Å². The van der Waals surface area contributed by atoms with Crippen molar-refractivity contribution in [2.24, 2.45) is 0 Å². The summed E-state index contributed by atoms with van der Waals surface area (Å²) in [5.74, 6) is -0.440. The van der Waals surface area contributed by atoms with Crippen molar-refractivity contribution in [3.05, 3.63) is 0 Å². The molecule has 0 heterocycles. The van der Waals surface area contributed by atoms with Gasteiger partial charge in [-0.1, -0.05) is 110 Å². The second kappa shape index (κ2) is 22.4. The van der Waals surface area contributed by atoms with Gasteiger partial charge in [-0.05, 0) is 12.8 Å². The number of carbonyl (C=O) groups excluding carboxylic acids is 2. The number of rotatable bonds is 24. The van der Waals surface area contributed by atoms with Crippen LogP contribution < -0.4 is 0 Å². The summed E-state index contributed by atoms with van der Waals surface area (Å²) in [6, 6.07) is 0. The summed E-state index contributed by atoms with van der Waals surface area (Å²) in [6.07, 6.45) is 21.0. The Morgan fingerprint density at radius 3 is 1.53 bits per heavy atom. The van der Waals surface area contributed by atoms with E-state index in [0.29, 0.717) is 24.1 Å². The number of hydrogen-bond donors (Lipinski definition) is 0.